The summed E-state index contributed by atoms with van der Waals surface area (Å²) in [6.45, 7) is 0. The van der Waals surface area contributed by atoms with Gasteiger partial charge < -0.3 is 52.9 Å². The van der Waals surface area contributed by atoms with Crippen molar-refractivity contribution in [1.29, 1.82) is 0 Å². The molecule has 0 aliphatic rings. The Morgan fingerprint density at radius 1 is 0.508 bits per heavy atom. The van der Waals surface area contributed by atoms with Crippen molar-refractivity contribution in [2.75, 3.05) is 67.5 Å². The number of nitrogens with one attached hydrogen (secondary N) is 2. The molecule has 0 aliphatic carbocycles. The van der Waals surface area contributed by atoms with Crippen molar-refractivity contribution >= 4 is 45.3 Å². The van der Waals surface area contributed by atoms with E-state index in [0.29, 0.717) is 85.9 Å². The average molecular weight is 855 g/mol. The van der Waals surface area contributed by atoms with Crippen molar-refractivity contribution in [1.82, 2.24) is 39.2 Å². The van der Waals surface area contributed by atoms with E-state index in [1.807, 2.05) is 54.7 Å². The second-order valence-corrected chi connectivity index (χ2v) is 13.3. The van der Waals surface area contributed by atoms with Gasteiger partial charge in [-0.05, 0) is 24.3 Å². The molecule has 2 N–H and O–H groups in total. The van der Waals surface area contributed by atoms with Crippen molar-refractivity contribution in [3.8, 4) is 68.8 Å². The van der Waals surface area contributed by atoms with E-state index in [1.165, 1.54) is 14.2 Å². The summed E-state index contributed by atoms with van der Waals surface area (Å²) in [4.78, 5) is 17.9. The van der Waals surface area contributed by atoms with Gasteiger partial charge >= 0.3 is 6.01 Å². The molecule has 0 atom stereocenters. The summed E-state index contributed by atoms with van der Waals surface area (Å²) in [5.41, 5.74) is 5.71. The number of rotatable bonds is 14. The molecule has 0 bridgehead atoms. The minimum atomic E-state index is 0.208. The van der Waals surface area contributed by atoms with Gasteiger partial charge in [-0.3, -0.25) is 0 Å². The zero-order chi connectivity index (χ0) is 44.0. The van der Waals surface area contributed by atoms with Crippen LogP contribution in [0, 0.1) is 0 Å². The maximum atomic E-state index is 6.00. The van der Waals surface area contributed by atoms with E-state index >= 15 is 0 Å². The number of nitrogens with zero attached hydrogens (tertiary/aromatic N) is 8. The molecule has 9 aromatic rings. The van der Waals surface area contributed by atoms with Gasteiger partial charge in [0.25, 0.3) is 0 Å². The van der Waals surface area contributed by atoms with E-state index in [2.05, 4.69) is 30.8 Å². The van der Waals surface area contributed by atoms with E-state index in [4.69, 9.17) is 52.3 Å². The molecule has 322 valence electrons. The molecule has 0 unspecified atom stereocenters. The minimum absolute atomic E-state index is 0.208. The number of anilines is 4. The third kappa shape index (κ3) is 8.21. The van der Waals surface area contributed by atoms with Gasteiger partial charge in [0.15, 0.2) is 34.3 Å². The van der Waals surface area contributed by atoms with Gasteiger partial charge in [-0.2, -0.15) is 15.2 Å². The van der Waals surface area contributed by atoms with Crippen LogP contribution < -0.4 is 48.5 Å². The van der Waals surface area contributed by atoms with E-state index < -0.39 is 0 Å². The molecule has 9 rings (SSSR count). The summed E-state index contributed by atoms with van der Waals surface area (Å²) in [6.07, 6.45) is 8.68. The quantitative estimate of drug-likeness (QED) is 0.107. The number of para-hydroxylation sites is 1. The van der Waals surface area contributed by atoms with Crippen LogP contribution in [-0.2, 0) is 0 Å². The van der Waals surface area contributed by atoms with Gasteiger partial charge in [-0.1, -0.05) is 18.2 Å². The summed E-state index contributed by atoms with van der Waals surface area (Å²) in [5.74, 6) is 5.50. The number of benzene rings is 3. The van der Waals surface area contributed by atoms with Crippen LogP contribution in [0.25, 0.3) is 44.7 Å². The largest absolute Gasteiger partial charge is 0.493 e. The summed E-state index contributed by atoms with van der Waals surface area (Å²) in [5, 5.41) is 16.4. The Morgan fingerprint density at radius 3 is 1.52 bits per heavy atom. The van der Waals surface area contributed by atoms with E-state index in [9.17, 15) is 0 Å². The Bertz CT molecular complexity index is 2970. The molecule has 0 saturated carbocycles. The van der Waals surface area contributed by atoms with Crippen LogP contribution in [0.4, 0.5) is 23.0 Å². The number of ether oxygens (including phenoxy) is 8. The first kappa shape index (κ1) is 41.3. The smallest absolute Gasteiger partial charge is 0.319 e. The molecule has 19 nitrogen and oxygen atoms in total. The highest BCUT2D eigenvalue weighted by Crippen LogP contribution is 2.42. The highest BCUT2D eigenvalue weighted by molar-refractivity contribution is 5.86. The van der Waals surface area contributed by atoms with Gasteiger partial charge in [-0.15, -0.1) is 0 Å². The lowest BCUT2D eigenvalue weighted by Crippen LogP contribution is -2.01. The number of hydrogen-bond acceptors (Lipinski definition) is 17. The normalized spacial score (nSPS) is 10.9. The molecule has 63 heavy (non-hydrogen) atoms. The SMILES string of the molecule is COc1cc(Nc2ccn3ncc(-c4cc5ccccc5o4)c3n2)cc(OC)c1OC.COc1ncc(-c2cnn3ccc(Nc4cc(OC)c(OC)c(OC)c4)nc23)c(OC)n1. The highest BCUT2D eigenvalue weighted by Gasteiger charge is 2.19. The van der Waals surface area contributed by atoms with Crippen LogP contribution in [-0.4, -0.2) is 96.0 Å². The van der Waals surface area contributed by atoms with E-state index in [-0.39, 0.29) is 6.01 Å². The first-order chi connectivity index (χ1) is 30.8. The van der Waals surface area contributed by atoms with Crippen molar-refractivity contribution in [3.63, 3.8) is 0 Å². The van der Waals surface area contributed by atoms with Gasteiger partial charge in [-0.25, -0.2) is 24.0 Å². The lowest BCUT2D eigenvalue weighted by Gasteiger charge is -2.15. The molecule has 6 heterocycles. The molecule has 0 aliphatic heterocycles. The van der Waals surface area contributed by atoms with Crippen LogP contribution in [0.2, 0.25) is 0 Å². The number of furan rings is 1. The summed E-state index contributed by atoms with van der Waals surface area (Å²) in [7, 11) is 12.4. The number of hydrogen-bond donors (Lipinski definition) is 2. The van der Waals surface area contributed by atoms with Crippen molar-refractivity contribution in [2.24, 2.45) is 0 Å². The first-order valence-corrected chi connectivity index (χ1v) is 19.1. The second kappa shape index (κ2) is 18.0. The maximum absolute atomic E-state index is 6.00. The molecular weight excluding hydrogens is 813 g/mol. The second-order valence-electron chi connectivity index (χ2n) is 13.3. The van der Waals surface area contributed by atoms with Gasteiger partial charge in [0, 0.05) is 59.6 Å². The van der Waals surface area contributed by atoms with Gasteiger partial charge in [0.2, 0.25) is 17.4 Å². The third-order valence-corrected chi connectivity index (χ3v) is 9.70. The maximum Gasteiger partial charge on any atom is 0.319 e. The molecule has 0 radical (unpaired) electrons. The molecule has 0 spiro atoms. The molecule has 0 fully saturated rings. The van der Waals surface area contributed by atoms with Crippen LogP contribution in [0.3, 0.4) is 0 Å². The molecule has 6 aromatic heterocycles. The Labute approximate surface area is 360 Å². The number of methoxy groups -OCH3 is 8. The average Bonchev–Trinajstić information content (AvgIpc) is 4.07. The molecule has 0 amide bonds. The highest BCUT2D eigenvalue weighted by atomic mass is 16.5. The fraction of sp³-hybridized carbons (Fsp3) is 0.182. The predicted molar refractivity (Wildman–Crippen MR) is 234 cm³/mol. The van der Waals surface area contributed by atoms with Crippen molar-refractivity contribution in [3.05, 3.63) is 97.7 Å². The Balaban J connectivity index is 0.000000173. The van der Waals surface area contributed by atoms with Gasteiger partial charge in [0.05, 0.1) is 86.0 Å². The summed E-state index contributed by atoms with van der Waals surface area (Å²) in [6, 6.07) is 21.0. The zero-order valence-electron chi connectivity index (χ0n) is 35.5. The van der Waals surface area contributed by atoms with Crippen LogP contribution in [0.1, 0.15) is 0 Å². The molecule has 3 aromatic carbocycles. The van der Waals surface area contributed by atoms with Crippen molar-refractivity contribution in [2.45, 2.75) is 0 Å². The zero-order valence-corrected chi connectivity index (χ0v) is 35.5. The topological polar surface area (TPSA) is 197 Å². The van der Waals surface area contributed by atoms with Crippen LogP contribution in [0.5, 0.6) is 46.4 Å². The van der Waals surface area contributed by atoms with E-state index in [0.717, 1.165) is 22.2 Å². The molecule has 19 heteroatoms. The fourth-order valence-electron chi connectivity index (χ4n) is 6.75. The number of aromatic nitrogens is 8. The molecule has 0 saturated heterocycles. The predicted octanol–water partition coefficient (Wildman–Crippen LogP) is 7.88. The van der Waals surface area contributed by atoms with Crippen LogP contribution >= 0.6 is 0 Å². The lowest BCUT2D eigenvalue weighted by molar-refractivity contribution is 0.324. The first-order valence-electron chi connectivity index (χ1n) is 19.1. The van der Waals surface area contributed by atoms with Gasteiger partial charge in [0.1, 0.15) is 23.0 Å². The van der Waals surface area contributed by atoms with Crippen molar-refractivity contribution < 1.29 is 42.3 Å². The summed E-state index contributed by atoms with van der Waals surface area (Å²) >= 11 is 0. The minimum Gasteiger partial charge on any atom is -0.493 e. The van der Waals surface area contributed by atoms with Crippen LogP contribution in [0.15, 0.2) is 102 Å². The monoisotopic (exact) mass is 854 g/mol. The number of fused-ring (bicyclic) bond motifs is 3. The summed E-state index contributed by atoms with van der Waals surface area (Å²) < 4.78 is 52.3. The standard InChI is InChI=1S/C23H20N4O4.C21H22N6O5/c1-28-19-11-15(12-20(29-2)22(19)30-3)25-21-8-9-27-23(26-21)16(13-24-27)18-10-14-6-4-5-7-17(14)31-18;1-28-15-8-12(9-16(29-2)18(15)30-3)24-17-6-7-27-19(25-17)13(11-23-27)14-10-22-21(32-5)26-20(14)31-4/h4-13H,1-3H3,(H,25,26);6-11H,1-5H3,(H,24,25). The van der Waals surface area contributed by atoms with E-state index in [1.54, 1.807) is 94.7 Å². The Hall–Kier alpha value is -8.48. The Kier molecular flexibility index (Phi) is 11.8. The molecular formula is C44H42N10O9. The fourth-order valence-corrected chi connectivity index (χ4v) is 6.75. The Morgan fingerprint density at radius 2 is 1.03 bits per heavy atom. The lowest BCUT2D eigenvalue weighted by atomic mass is 10.2. The third-order valence-electron chi connectivity index (χ3n) is 9.70.